The summed E-state index contributed by atoms with van der Waals surface area (Å²) in [7, 11) is 5.43. The molecule has 0 saturated carbocycles. The third-order valence-corrected chi connectivity index (χ3v) is 4.10. The molecule has 0 aliphatic heterocycles. The predicted molar refractivity (Wildman–Crippen MR) is 101 cm³/mol. The monoisotopic (exact) mass is 350 g/mol. The van der Waals surface area contributed by atoms with Gasteiger partial charge in [0.2, 0.25) is 5.91 Å². The number of aryl methyl sites for hydroxylation is 1. The first-order valence-electron chi connectivity index (χ1n) is 9.10. The maximum absolute atomic E-state index is 12.9. The fraction of sp³-hybridized carbons (Fsp3) is 0.684. The minimum Gasteiger partial charge on any atom is -0.353 e. The molecule has 0 bridgehead atoms. The van der Waals surface area contributed by atoms with E-state index in [2.05, 4.69) is 20.8 Å². The van der Waals surface area contributed by atoms with E-state index in [0.717, 1.165) is 18.5 Å². The molecule has 6 heteroatoms. The van der Waals surface area contributed by atoms with Gasteiger partial charge in [0.1, 0.15) is 6.54 Å². The minimum absolute atomic E-state index is 0.00111. The molecule has 3 amide bonds. The summed E-state index contributed by atoms with van der Waals surface area (Å²) in [5.74, 6) is 0.374. The summed E-state index contributed by atoms with van der Waals surface area (Å²) in [4.78, 5) is 30.4. The molecule has 1 heterocycles. The van der Waals surface area contributed by atoms with Crippen LogP contribution in [0.3, 0.4) is 0 Å². The summed E-state index contributed by atoms with van der Waals surface area (Å²) in [6, 6.07) is 3.90. The number of aromatic nitrogens is 1. The van der Waals surface area contributed by atoms with Crippen molar-refractivity contribution in [3.63, 3.8) is 0 Å². The van der Waals surface area contributed by atoms with Gasteiger partial charge in [-0.05, 0) is 24.5 Å². The van der Waals surface area contributed by atoms with E-state index in [1.54, 1.807) is 19.0 Å². The lowest BCUT2D eigenvalue weighted by Crippen LogP contribution is -2.47. The van der Waals surface area contributed by atoms with Gasteiger partial charge in [-0.2, -0.15) is 0 Å². The highest BCUT2D eigenvalue weighted by Gasteiger charge is 2.23. The Labute approximate surface area is 152 Å². The Morgan fingerprint density at radius 3 is 2.36 bits per heavy atom. The van der Waals surface area contributed by atoms with E-state index in [-0.39, 0.29) is 18.5 Å². The van der Waals surface area contributed by atoms with Gasteiger partial charge in [-0.1, -0.05) is 27.2 Å². The number of unbranched alkanes of at least 4 members (excludes halogenated alkanes) is 1. The summed E-state index contributed by atoms with van der Waals surface area (Å²) >= 11 is 0. The van der Waals surface area contributed by atoms with Crippen molar-refractivity contribution in [3.8, 4) is 0 Å². The zero-order chi connectivity index (χ0) is 19.0. The lowest BCUT2D eigenvalue weighted by molar-refractivity contribution is -0.133. The van der Waals surface area contributed by atoms with E-state index in [4.69, 9.17) is 0 Å². The minimum atomic E-state index is -0.106. The van der Waals surface area contributed by atoms with Crippen molar-refractivity contribution < 1.29 is 9.59 Å². The first kappa shape index (κ1) is 21.1. The van der Waals surface area contributed by atoms with Crippen LogP contribution in [0, 0.1) is 5.92 Å². The fourth-order valence-corrected chi connectivity index (χ4v) is 2.69. The van der Waals surface area contributed by atoms with Crippen molar-refractivity contribution in [3.05, 3.63) is 24.0 Å². The number of rotatable bonds is 9. The summed E-state index contributed by atoms with van der Waals surface area (Å²) in [5, 5.41) is 0. The van der Waals surface area contributed by atoms with E-state index >= 15 is 0 Å². The molecule has 0 N–H and O–H groups in total. The molecule has 0 aliphatic rings. The number of carbonyl (C=O) groups excluding carboxylic acids is 2. The highest BCUT2D eigenvalue weighted by Crippen LogP contribution is 2.10. The van der Waals surface area contributed by atoms with Crippen molar-refractivity contribution in [2.45, 2.75) is 40.2 Å². The van der Waals surface area contributed by atoms with Crippen molar-refractivity contribution in [1.82, 2.24) is 19.3 Å². The number of carbonyl (C=O) groups is 2. The first-order chi connectivity index (χ1) is 11.8. The Kier molecular flexibility index (Phi) is 8.52. The van der Waals surface area contributed by atoms with E-state index in [0.29, 0.717) is 25.6 Å². The second-order valence-corrected chi connectivity index (χ2v) is 7.23. The molecule has 25 heavy (non-hydrogen) atoms. The average Bonchev–Trinajstić information content (AvgIpc) is 2.94. The van der Waals surface area contributed by atoms with Crippen LogP contribution in [-0.2, 0) is 18.4 Å². The fourth-order valence-electron chi connectivity index (χ4n) is 2.69. The molecule has 142 valence electrons. The summed E-state index contributed by atoms with van der Waals surface area (Å²) in [6.45, 7) is 8.28. The third kappa shape index (κ3) is 6.80. The Morgan fingerprint density at radius 1 is 1.20 bits per heavy atom. The molecule has 0 aliphatic carbocycles. The molecule has 1 aromatic heterocycles. The van der Waals surface area contributed by atoms with Crippen LogP contribution in [0.25, 0.3) is 0 Å². The van der Waals surface area contributed by atoms with Crippen LogP contribution in [0.4, 0.5) is 4.79 Å². The number of urea groups is 1. The quantitative estimate of drug-likeness (QED) is 0.687. The zero-order valence-corrected chi connectivity index (χ0v) is 16.7. The van der Waals surface area contributed by atoms with Gasteiger partial charge in [0.05, 0.1) is 6.54 Å². The number of nitrogens with zero attached hydrogens (tertiary/aromatic N) is 4. The van der Waals surface area contributed by atoms with Gasteiger partial charge in [-0.3, -0.25) is 4.79 Å². The standard InChI is InChI=1S/C19H34N4O2/c1-7-8-12-22(19(25)20(4)5)15-18(24)23(13-16(2)3)14-17-10-9-11-21(17)6/h9-11,16H,7-8,12-15H2,1-6H3. The van der Waals surface area contributed by atoms with Gasteiger partial charge >= 0.3 is 6.03 Å². The molecule has 1 rings (SSSR count). The van der Waals surface area contributed by atoms with Gasteiger partial charge < -0.3 is 19.3 Å². The van der Waals surface area contributed by atoms with E-state index in [1.165, 1.54) is 4.90 Å². The van der Waals surface area contributed by atoms with Crippen LogP contribution in [0.15, 0.2) is 18.3 Å². The molecule has 1 aromatic rings. The van der Waals surface area contributed by atoms with Crippen LogP contribution in [0.1, 0.15) is 39.3 Å². The zero-order valence-electron chi connectivity index (χ0n) is 16.7. The molecule has 0 saturated heterocycles. The van der Waals surface area contributed by atoms with Gasteiger partial charge in [0, 0.05) is 46.1 Å². The number of hydrogen-bond acceptors (Lipinski definition) is 2. The molecule has 0 radical (unpaired) electrons. The average molecular weight is 351 g/mol. The predicted octanol–water partition coefficient (Wildman–Crippen LogP) is 2.79. The molecule has 0 atom stereocenters. The van der Waals surface area contributed by atoms with Crippen LogP contribution in [0.2, 0.25) is 0 Å². The third-order valence-electron chi connectivity index (χ3n) is 4.10. The van der Waals surface area contributed by atoms with Crippen molar-refractivity contribution >= 4 is 11.9 Å². The smallest absolute Gasteiger partial charge is 0.319 e. The molecule has 0 unspecified atom stereocenters. The summed E-state index contributed by atoms with van der Waals surface area (Å²) in [5.41, 5.74) is 1.09. The molecular weight excluding hydrogens is 316 g/mol. The number of hydrogen-bond donors (Lipinski definition) is 0. The van der Waals surface area contributed by atoms with Crippen LogP contribution < -0.4 is 0 Å². The molecule has 0 fully saturated rings. The second kappa shape index (κ2) is 10.1. The van der Waals surface area contributed by atoms with Crippen molar-refractivity contribution in [2.24, 2.45) is 13.0 Å². The van der Waals surface area contributed by atoms with E-state index in [9.17, 15) is 9.59 Å². The topological polar surface area (TPSA) is 48.8 Å². The first-order valence-corrected chi connectivity index (χ1v) is 9.10. The Hall–Kier alpha value is -1.98. The van der Waals surface area contributed by atoms with E-state index in [1.807, 2.05) is 34.8 Å². The largest absolute Gasteiger partial charge is 0.353 e. The van der Waals surface area contributed by atoms with Crippen molar-refractivity contribution in [1.29, 1.82) is 0 Å². The van der Waals surface area contributed by atoms with Gasteiger partial charge in [0.25, 0.3) is 0 Å². The van der Waals surface area contributed by atoms with Crippen LogP contribution in [-0.4, -0.2) is 64.9 Å². The summed E-state index contributed by atoms with van der Waals surface area (Å²) < 4.78 is 2.03. The highest BCUT2D eigenvalue weighted by molar-refractivity contribution is 5.84. The molecule has 0 spiro atoms. The maximum Gasteiger partial charge on any atom is 0.319 e. The SMILES string of the molecule is CCCCN(CC(=O)N(Cc1cccn1C)CC(C)C)C(=O)N(C)C. The summed E-state index contributed by atoms with van der Waals surface area (Å²) in [6.07, 6.45) is 3.87. The highest BCUT2D eigenvalue weighted by atomic mass is 16.2. The Bertz CT molecular complexity index is 551. The normalized spacial score (nSPS) is 10.8. The maximum atomic E-state index is 12.9. The number of amides is 3. The lowest BCUT2D eigenvalue weighted by atomic mass is 10.2. The Balaban J connectivity index is 2.86. The van der Waals surface area contributed by atoms with Crippen LogP contribution >= 0.6 is 0 Å². The van der Waals surface area contributed by atoms with Gasteiger partial charge in [-0.25, -0.2) is 4.79 Å². The molecule has 6 nitrogen and oxygen atoms in total. The van der Waals surface area contributed by atoms with E-state index < -0.39 is 0 Å². The second-order valence-electron chi connectivity index (χ2n) is 7.23. The lowest BCUT2D eigenvalue weighted by Gasteiger charge is -2.30. The molecular formula is C19H34N4O2. The van der Waals surface area contributed by atoms with Gasteiger partial charge in [0.15, 0.2) is 0 Å². The Morgan fingerprint density at radius 2 is 1.88 bits per heavy atom. The van der Waals surface area contributed by atoms with Gasteiger partial charge in [-0.15, -0.1) is 0 Å². The van der Waals surface area contributed by atoms with Crippen molar-refractivity contribution in [2.75, 3.05) is 33.7 Å². The van der Waals surface area contributed by atoms with Crippen LogP contribution in [0.5, 0.6) is 0 Å². The molecule has 0 aromatic carbocycles.